The fraction of sp³-hybridized carbons (Fsp3) is 0.897. The van der Waals surface area contributed by atoms with Crippen LogP contribution >= 0.6 is 0 Å². The van der Waals surface area contributed by atoms with Crippen molar-refractivity contribution in [1.82, 2.24) is 0 Å². The largest absolute Gasteiger partial charge is 0.481 e. The van der Waals surface area contributed by atoms with Gasteiger partial charge in [0.2, 0.25) is 0 Å². The first-order chi connectivity index (χ1) is 21.1. The first kappa shape index (κ1) is 41.7. The van der Waals surface area contributed by atoms with Gasteiger partial charge in [-0.3, -0.25) is 9.59 Å². The second kappa shape index (κ2) is 35.2. The summed E-state index contributed by atoms with van der Waals surface area (Å²) in [6.07, 6.45) is 42.3. The molecule has 0 aromatic rings. The number of carbonyl (C=O) groups is 2. The van der Waals surface area contributed by atoms with Crippen molar-refractivity contribution < 1.29 is 19.4 Å². The Morgan fingerprint density at radius 1 is 0.488 bits per heavy atom. The third-order valence-corrected chi connectivity index (χ3v) is 8.74. The number of allylic oxidation sites excluding steroid dienone is 2. The molecule has 4 nitrogen and oxygen atoms in total. The molecule has 0 aliphatic rings. The molecular weight excluding hydrogens is 532 g/mol. The van der Waals surface area contributed by atoms with Crippen LogP contribution in [0.5, 0.6) is 0 Å². The molecule has 0 aliphatic heterocycles. The van der Waals surface area contributed by atoms with Gasteiger partial charge in [0.25, 0.3) is 0 Å². The van der Waals surface area contributed by atoms with E-state index in [1.807, 2.05) is 0 Å². The molecule has 0 rings (SSSR count). The maximum Gasteiger partial charge on any atom is 0.306 e. The van der Waals surface area contributed by atoms with Crippen molar-refractivity contribution in [3.63, 3.8) is 0 Å². The van der Waals surface area contributed by atoms with Crippen molar-refractivity contribution in [3.05, 3.63) is 12.2 Å². The van der Waals surface area contributed by atoms with Gasteiger partial charge in [-0.05, 0) is 64.2 Å². The van der Waals surface area contributed by atoms with Crippen LogP contribution in [0.2, 0.25) is 0 Å². The molecule has 254 valence electrons. The number of rotatable bonds is 35. The molecule has 4 heteroatoms. The van der Waals surface area contributed by atoms with E-state index < -0.39 is 5.97 Å². The standard InChI is InChI=1S/C39H74O4/c1-3-5-7-9-11-12-13-14-15-16-17-18-19-20-21-23-28-32-36-39(42)43-37(33-29-25-22-10-8-6-4-2)34-30-26-24-27-31-35-38(40)41/h15-16,37H,3-14,17-36H2,1-2H3,(H,40,41)/b16-15-. The molecule has 0 aliphatic carbocycles. The Bertz CT molecular complexity index is 614. The molecule has 0 saturated heterocycles. The number of aliphatic carboxylic acids is 1. The number of ether oxygens (including phenoxy) is 1. The molecule has 1 N–H and O–H groups in total. The van der Waals surface area contributed by atoms with E-state index in [0.29, 0.717) is 6.42 Å². The lowest BCUT2D eigenvalue weighted by Gasteiger charge is -2.18. The number of carbonyl (C=O) groups excluding carboxylic acids is 1. The van der Waals surface area contributed by atoms with Crippen molar-refractivity contribution in [1.29, 1.82) is 0 Å². The monoisotopic (exact) mass is 607 g/mol. The first-order valence-electron chi connectivity index (χ1n) is 19.2. The van der Waals surface area contributed by atoms with Gasteiger partial charge in [0, 0.05) is 12.8 Å². The Kier molecular flexibility index (Phi) is 34.1. The van der Waals surface area contributed by atoms with Gasteiger partial charge in [-0.15, -0.1) is 0 Å². The minimum Gasteiger partial charge on any atom is -0.481 e. The Labute approximate surface area is 268 Å². The normalized spacial score (nSPS) is 12.2. The molecule has 0 saturated carbocycles. The van der Waals surface area contributed by atoms with Gasteiger partial charge in [-0.2, -0.15) is 0 Å². The molecule has 43 heavy (non-hydrogen) atoms. The Hall–Kier alpha value is -1.32. The highest BCUT2D eigenvalue weighted by molar-refractivity contribution is 5.69. The molecule has 0 aromatic heterocycles. The van der Waals surface area contributed by atoms with Crippen molar-refractivity contribution >= 4 is 11.9 Å². The van der Waals surface area contributed by atoms with Gasteiger partial charge in [-0.1, -0.05) is 154 Å². The SMILES string of the molecule is CCCCCCCCC/C=C\CCCCCCCCCC(=O)OC(CCCCCCCCC)CCCCCCCC(=O)O. The quantitative estimate of drug-likeness (QED) is 0.0443. The summed E-state index contributed by atoms with van der Waals surface area (Å²) in [6, 6.07) is 0. The third-order valence-electron chi connectivity index (χ3n) is 8.74. The third kappa shape index (κ3) is 35.0. The topological polar surface area (TPSA) is 63.6 Å². The molecule has 0 heterocycles. The summed E-state index contributed by atoms with van der Waals surface area (Å²) in [6.45, 7) is 4.53. The number of hydrogen-bond acceptors (Lipinski definition) is 3. The van der Waals surface area contributed by atoms with Crippen LogP contribution in [0.4, 0.5) is 0 Å². The summed E-state index contributed by atoms with van der Waals surface area (Å²) in [5, 5.41) is 8.78. The zero-order chi connectivity index (χ0) is 31.5. The van der Waals surface area contributed by atoms with Gasteiger partial charge < -0.3 is 9.84 Å². The molecule has 1 atom stereocenters. The lowest BCUT2D eigenvalue weighted by molar-refractivity contribution is -0.150. The summed E-state index contributed by atoms with van der Waals surface area (Å²) in [7, 11) is 0. The van der Waals surface area contributed by atoms with Crippen LogP contribution in [-0.4, -0.2) is 23.1 Å². The van der Waals surface area contributed by atoms with Crippen LogP contribution in [0.15, 0.2) is 12.2 Å². The molecule has 0 spiro atoms. The Morgan fingerprint density at radius 3 is 1.26 bits per heavy atom. The second-order valence-corrected chi connectivity index (χ2v) is 13.1. The minimum atomic E-state index is -0.700. The minimum absolute atomic E-state index is 0.00214. The zero-order valence-corrected chi connectivity index (χ0v) is 29.0. The highest BCUT2D eigenvalue weighted by Gasteiger charge is 2.14. The number of unbranched alkanes of at least 4 members (excludes halogenated alkanes) is 24. The molecule has 1 unspecified atom stereocenters. The molecule has 0 fully saturated rings. The lowest BCUT2D eigenvalue weighted by atomic mass is 10.0. The van der Waals surface area contributed by atoms with E-state index in [1.165, 1.54) is 128 Å². The number of hydrogen-bond donors (Lipinski definition) is 1. The fourth-order valence-corrected chi connectivity index (χ4v) is 5.89. The predicted molar refractivity (Wildman–Crippen MR) is 186 cm³/mol. The van der Waals surface area contributed by atoms with E-state index in [-0.39, 0.29) is 18.5 Å². The summed E-state index contributed by atoms with van der Waals surface area (Å²) < 4.78 is 5.96. The van der Waals surface area contributed by atoms with Crippen molar-refractivity contribution in [3.8, 4) is 0 Å². The van der Waals surface area contributed by atoms with Crippen molar-refractivity contribution in [2.24, 2.45) is 0 Å². The highest BCUT2D eigenvalue weighted by atomic mass is 16.5. The summed E-state index contributed by atoms with van der Waals surface area (Å²) in [5.74, 6) is -0.702. The number of carboxylic acid groups (broad SMARTS) is 1. The smallest absolute Gasteiger partial charge is 0.306 e. The van der Waals surface area contributed by atoms with E-state index in [4.69, 9.17) is 9.84 Å². The predicted octanol–water partition coefficient (Wildman–Crippen LogP) is 13.1. The van der Waals surface area contributed by atoms with Gasteiger partial charge in [-0.25, -0.2) is 0 Å². The summed E-state index contributed by atoms with van der Waals surface area (Å²) >= 11 is 0. The lowest BCUT2D eigenvalue weighted by Crippen LogP contribution is -2.18. The maximum atomic E-state index is 12.6. The van der Waals surface area contributed by atoms with Crippen LogP contribution in [-0.2, 0) is 14.3 Å². The van der Waals surface area contributed by atoms with Gasteiger partial charge in [0.05, 0.1) is 0 Å². The van der Waals surface area contributed by atoms with E-state index in [0.717, 1.165) is 64.2 Å². The molecule has 0 bridgehead atoms. The fourth-order valence-electron chi connectivity index (χ4n) is 5.89. The van der Waals surface area contributed by atoms with Gasteiger partial charge >= 0.3 is 11.9 Å². The number of carboxylic acids is 1. The van der Waals surface area contributed by atoms with E-state index in [1.54, 1.807) is 0 Å². The molecular formula is C39H74O4. The van der Waals surface area contributed by atoms with E-state index in [2.05, 4.69) is 26.0 Å². The summed E-state index contributed by atoms with van der Waals surface area (Å²) in [4.78, 5) is 23.3. The van der Waals surface area contributed by atoms with Crippen LogP contribution in [0.25, 0.3) is 0 Å². The Morgan fingerprint density at radius 2 is 0.837 bits per heavy atom. The van der Waals surface area contributed by atoms with Crippen LogP contribution in [0.1, 0.15) is 219 Å². The molecule has 0 aromatic carbocycles. The average Bonchev–Trinajstić information content (AvgIpc) is 2.99. The zero-order valence-electron chi connectivity index (χ0n) is 29.0. The number of esters is 1. The van der Waals surface area contributed by atoms with Crippen LogP contribution in [0, 0.1) is 0 Å². The second-order valence-electron chi connectivity index (χ2n) is 13.1. The Balaban J connectivity index is 3.87. The van der Waals surface area contributed by atoms with Crippen LogP contribution < -0.4 is 0 Å². The van der Waals surface area contributed by atoms with E-state index >= 15 is 0 Å². The average molecular weight is 607 g/mol. The van der Waals surface area contributed by atoms with E-state index in [9.17, 15) is 9.59 Å². The molecule has 0 radical (unpaired) electrons. The van der Waals surface area contributed by atoms with Gasteiger partial charge in [0.15, 0.2) is 0 Å². The van der Waals surface area contributed by atoms with Crippen molar-refractivity contribution in [2.45, 2.75) is 225 Å². The highest BCUT2D eigenvalue weighted by Crippen LogP contribution is 2.19. The molecule has 0 amide bonds. The first-order valence-corrected chi connectivity index (χ1v) is 19.2. The summed E-state index contributed by atoms with van der Waals surface area (Å²) in [5.41, 5.74) is 0. The van der Waals surface area contributed by atoms with Crippen molar-refractivity contribution in [2.75, 3.05) is 0 Å². The van der Waals surface area contributed by atoms with Crippen LogP contribution in [0.3, 0.4) is 0 Å². The maximum absolute atomic E-state index is 12.6. The van der Waals surface area contributed by atoms with Gasteiger partial charge in [0.1, 0.15) is 6.10 Å².